The van der Waals surface area contributed by atoms with Gasteiger partial charge in [0.15, 0.2) is 0 Å². The first-order chi connectivity index (χ1) is 13.5. The highest BCUT2D eigenvalue weighted by atomic mass is 16.6. The molecular weight excluding hydrogens is 370 g/mol. The van der Waals surface area contributed by atoms with Gasteiger partial charge in [-0.15, -0.1) is 0 Å². The maximum absolute atomic E-state index is 12.6. The Balaban J connectivity index is 1.98. The summed E-state index contributed by atoms with van der Waals surface area (Å²) in [4.78, 5) is 36.4. The number of nitrogens with one attached hydrogen (secondary N) is 1. The van der Waals surface area contributed by atoms with Crippen LogP contribution in [-0.2, 0) is 14.3 Å². The number of para-hydroxylation sites is 2. The van der Waals surface area contributed by atoms with Crippen LogP contribution in [0.15, 0.2) is 47.9 Å². The van der Waals surface area contributed by atoms with Crippen molar-refractivity contribution < 1.29 is 24.4 Å². The molecule has 0 saturated carbocycles. The smallest absolute Gasteiger partial charge is 0.337 e. The number of hydrogen-bond donors (Lipinski definition) is 2. The molecule has 0 bridgehead atoms. The number of aliphatic hydroxyl groups excluding tert-OH is 1. The molecule has 11 nitrogen and oxygen atoms in total. The maximum Gasteiger partial charge on any atom is 0.337 e. The summed E-state index contributed by atoms with van der Waals surface area (Å²) in [6, 6.07) is 6.71. The van der Waals surface area contributed by atoms with Gasteiger partial charge in [-0.1, -0.05) is 12.1 Å². The molecule has 0 atom stereocenters. The van der Waals surface area contributed by atoms with Gasteiger partial charge in [-0.25, -0.2) is 9.48 Å². The summed E-state index contributed by atoms with van der Waals surface area (Å²) in [5.41, 5.74) is 0.823. The zero-order valence-electron chi connectivity index (χ0n) is 14.9. The van der Waals surface area contributed by atoms with Crippen molar-refractivity contribution in [2.75, 3.05) is 32.1 Å². The number of nitro groups is 1. The van der Waals surface area contributed by atoms with Crippen molar-refractivity contribution in [1.82, 2.24) is 14.7 Å². The average molecular weight is 387 g/mol. The third kappa shape index (κ3) is 3.55. The minimum absolute atomic E-state index is 0.00378. The van der Waals surface area contributed by atoms with Crippen LogP contribution in [-0.4, -0.2) is 63.4 Å². The van der Waals surface area contributed by atoms with Crippen LogP contribution >= 0.6 is 0 Å². The summed E-state index contributed by atoms with van der Waals surface area (Å²) >= 11 is 0. The Morgan fingerprint density at radius 3 is 2.82 bits per heavy atom. The van der Waals surface area contributed by atoms with E-state index in [9.17, 15) is 19.7 Å². The molecule has 1 amide bonds. The highest BCUT2D eigenvalue weighted by molar-refractivity contribution is 6.08. The van der Waals surface area contributed by atoms with Gasteiger partial charge in [-0.3, -0.25) is 14.9 Å². The van der Waals surface area contributed by atoms with Gasteiger partial charge in [-0.2, -0.15) is 5.10 Å². The van der Waals surface area contributed by atoms with Gasteiger partial charge in [0.1, 0.15) is 18.1 Å². The number of esters is 1. The number of β-amino-alcohol motifs (C(OH)–C–C–N with tert-alkyl or cyclic N) is 1. The van der Waals surface area contributed by atoms with Crippen LogP contribution in [0.3, 0.4) is 0 Å². The molecule has 11 heteroatoms. The molecule has 2 aromatic rings. The molecule has 1 aromatic heterocycles. The van der Waals surface area contributed by atoms with Gasteiger partial charge in [0.2, 0.25) is 0 Å². The van der Waals surface area contributed by atoms with E-state index in [0.29, 0.717) is 11.4 Å². The summed E-state index contributed by atoms with van der Waals surface area (Å²) in [6.45, 7) is -0.178. The van der Waals surface area contributed by atoms with E-state index in [-0.39, 0.29) is 36.7 Å². The zero-order chi connectivity index (χ0) is 20.3. The first kappa shape index (κ1) is 19.0. The van der Waals surface area contributed by atoms with Crippen molar-refractivity contribution in [3.8, 4) is 5.69 Å². The monoisotopic (exact) mass is 387 g/mol. The van der Waals surface area contributed by atoms with E-state index in [1.807, 2.05) is 0 Å². The lowest BCUT2D eigenvalue weighted by Gasteiger charge is -2.16. The van der Waals surface area contributed by atoms with Crippen LogP contribution in [0.1, 0.15) is 0 Å². The van der Waals surface area contributed by atoms with Gasteiger partial charge in [-0.05, 0) is 12.1 Å². The minimum atomic E-state index is -0.663. The van der Waals surface area contributed by atoms with E-state index >= 15 is 0 Å². The molecule has 1 aromatic carbocycles. The Morgan fingerprint density at radius 2 is 2.18 bits per heavy atom. The van der Waals surface area contributed by atoms with E-state index in [1.54, 1.807) is 24.3 Å². The molecule has 28 heavy (non-hydrogen) atoms. The summed E-state index contributed by atoms with van der Waals surface area (Å²) < 4.78 is 6.05. The number of carbonyl (C=O) groups excluding carboxylic acids is 2. The summed E-state index contributed by atoms with van der Waals surface area (Å²) in [6.07, 6.45) is 2.35. The molecule has 3 rings (SSSR count). The van der Waals surface area contributed by atoms with E-state index in [0.717, 1.165) is 6.20 Å². The number of nitrogens with zero attached hydrogens (tertiary/aromatic N) is 4. The molecule has 0 spiro atoms. The van der Waals surface area contributed by atoms with E-state index in [1.165, 1.54) is 22.9 Å². The van der Waals surface area contributed by atoms with Gasteiger partial charge in [0, 0.05) is 6.54 Å². The van der Waals surface area contributed by atoms with Crippen molar-refractivity contribution in [3.63, 3.8) is 0 Å². The molecule has 0 unspecified atom stereocenters. The second-order valence-electron chi connectivity index (χ2n) is 5.84. The van der Waals surface area contributed by atoms with Crippen molar-refractivity contribution in [2.24, 2.45) is 0 Å². The topological polar surface area (TPSA) is 140 Å². The molecule has 1 aliphatic heterocycles. The fourth-order valence-electron chi connectivity index (χ4n) is 2.80. The first-order valence-electron chi connectivity index (χ1n) is 8.23. The number of ether oxygens (including phenoxy) is 1. The Hall–Kier alpha value is -3.73. The van der Waals surface area contributed by atoms with Crippen LogP contribution in [0.2, 0.25) is 0 Å². The highest BCUT2D eigenvalue weighted by Crippen LogP contribution is 2.27. The van der Waals surface area contributed by atoms with Crippen LogP contribution < -0.4 is 5.32 Å². The predicted molar refractivity (Wildman–Crippen MR) is 96.5 cm³/mol. The summed E-state index contributed by atoms with van der Waals surface area (Å²) in [5.74, 6) is -1.13. The fraction of sp³-hybridized carbons (Fsp3) is 0.235. The lowest BCUT2D eigenvalue weighted by molar-refractivity contribution is -0.384. The number of rotatable bonds is 7. The highest BCUT2D eigenvalue weighted by Gasteiger charge is 2.34. The quantitative estimate of drug-likeness (QED) is 0.397. The zero-order valence-corrected chi connectivity index (χ0v) is 14.9. The van der Waals surface area contributed by atoms with Crippen molar-refractivity contribution in [2.45, 2.75) is 0 Å². The normalized spacial score (nSPS) is 13.8. The van der Waals surface area contributed by atoms with Crippen LogP contribution in [0.25, 0.3) is 5.69 Å². The van der Waals surface area contributed by atoms with E-state index < -0.39 is 16.8 Å². The lowest BCUT2D eigenvalue weighted by atomic mass is 10.2. The van der Waals surface area contributed by atoms with Crippen molar-refractivity contribution in [3.05, 3.63) is 58.0 Å². The summed E-state index contributed by atoms with van der Waals surface area (Å²) in [5, 5.41) is 26.9. The number of methoxy groups -OCH3 is 1. The fourth-order valence-corrected chi connectivity index (χ4v) is 2.80. The van der Waals surface area contributed by atoms with Crippen LogP contribution in [0.5, 0.6) is 0 Å². The molecule has 0 aliphatic carbocycles. The van der Waals surface area contributed by atoms with Crippen LogP contribution in [0.4, 0.5) is 11.4 Å². The van der Waals surface area contributed by atoms with Gasteiger partial charge in [0.05, 0.1) is 42.1 Å². The standard InChI is InChI=1S/C17H17N5O6/c1-28-17(25)12-10-20(6-7-23)16(24)15(12)19-13-4-2-3-5-14(13)21-9-11(8-18-21)22(26)27/h2-5,8-9,19,23H,6-7,10H2,1H3. The third-order valence-corrected chi connectivity index (χ3v) is 4.14. The number of benzene rings is 1. The minimum Gasteiger partial charge on any atom is -0.466 e. The van der Waals surface area contributed by atoms with Crippen molar-refractivity contribution in [1.29, 1.82) is 0 Å². The summed E-state index contributed by atoms with van der Waals surface area (Å²) in [7, 11) is 1.21. The van der Waals surface area contributed by atoms with Gasteiger partial charge < -0.3 is 20.1 Å². The SMILES string of the molecule is COC(=O)C1=C(Nc2ccccc2-n2cc([N+](=O)[O-])cn2)C(=O)N(CCO)C1. The first-order valence-corrected chi connectivity index (χ1v) is 8.23. The van der Waals surface area contributed by atoms with E-state index in [4.69, 9.17) is 9.84 Å². The van der Waals surface area contributed by atoms with Crippen LogP contribution in [0, 0.1) is 10.1 Å². The Kier molecular flexibility index (Phi) is 5.36. The predicted octanol–water partition coefficient (Wildman–Crippen LogP) is 0.454. The Labute approximate surface area is 159 Å². The maximum atomic E-state index is 12.6. The molecule has 0 saturated heterocycles. The largest absolute Gasteiger partial charge is 0.466 e. The molecule has 2 N–H and O–H groups in total. The molecule has 2 heterocycles. The lowest BCUT2D eigenvalue weighted by Crippen LogP contribution is -2.31. The number of aliphatic hydroxyl groups is 1. The number of amides is 1. The number of anilines is 1. The molecule has 146 valence electrons. The Morgan fingerprint density at radius 1 is 1.43 bits per heavy atom. The number of aromatic nitrogens is 2. The molecular formula is C17H17N5O6. The Bertz CT molecular complexity index is 966. The third-order valence-electron chi connectivity index (χ3n) is 4.14. The second kappa shape index (κ2) is 7.88. The van der Waals surface area contributed by atoms with Gasteiger partial charge >= 0.3 is 11.7 Å². The second-order valence-corrected chi connectivity index (χ2v) is 5.84. The number of hydrogen-bond acceptors (Lipinski definition) is 8. The molecule has 1 aliphatic rings. The van der Waals surface area contributed by atoms with Gasteiger partial charge in [0.25, 0.3) is 5.91 Å². The number of carbonyl (C=O) groups is 2. The molecule has 0 fully saturated rings. The van der Waals surface area contributed by atoms with E-state index in [2.05, 4.69) is 10.4 Å². The molecule has 0 radical (unpaired) electrons. The average Bonchev–Trinajstić information content (AvgIpc) is 3.29. The van der Waals surface area contributed by atoms with Crippen molar-refractivity contribution >= 4 is 23.3 Å².